The summed E-state index contributed by atoms with van der Waals surface area (Å²) < 4.78 is 51.1. The minimum absolute atomic E-state index is 0.198. The molecule has 0 radical (unpaired) electrons. The van der Waals surface area contributed by atoms with E-state index in [0.717, 1.165) is 16.6 Å². The minimum atomic E-state index is -4.17. The van der Waals surface area contributed by atoms with Crippen LogP contribution in [0.2, 0.25) is 0 Å². The monoisotopic (exact) mass is 374 g/mol. The van der Waals surface area contributed by atoms with Gasteiger partial charge in [-0.2, -0.15) is 0 Å². The van der Waals surface area contributed by atoms with Gasteiger partial charge < -0.3 is 0 Å². The molecule has 0 aliphatic carbocycles. The summed E-state index contributed by atoms with van der Waals surface area (Å²) in [5.41, 5.74) is 0.198. The highest BCUT2D eigenvalue weighted by molar-refractivity contribution is 9.10. The first kappa shape index (κ1) is 15.8. The van der Waals surface area contributed by atoms with Gasteiger partial charge in [0.2, 0.25) is 0 Å². The van der Waals surface area contributed by atoms with Crippen LogP contribution in [0.25, 0.3) is 0 Å². The van der Waals surface area contributed by atoms with Crippen molar-refractivity contribution >= 4 is 31.6 Å². The molecule has 0 heterocycles. The lowest BCUT2D eigenvalue weighted by molar-refractivity contribution is 0.102. The Morgan fingerprint density at radius 2 is 1.67 bits per heavy atom. The van der Waals surface area contributed by atoms with E-state index in [2.05, 4.69) is 15.9 Å². The summed E-state index contributed by atoms with van der Waals surface area (Å²) in [4.78, 5) is 11.2. The molecule has 0 aliphatic rings. The van der Waals surface area contributed by atoms with Crippen LogP contribution in [0.1, 0.15) is 10.4 Å². The second kappa shape index (κ2) is 6.03. The number of hydrogen-bond donors (Lipinski definition) is 0. The van der Waals surface area contributed by atoms with Crippen LogP contribution in [0.5, 0.6) is 0 Å². The van der Waals surface area contributed by atoms with E-state index in [-0.39, 0.29) is 5.56 Å². The fourth-order valence-corrected chi connectivity index (χ4v) is 3.26. The number of rotatable bonds is 4. The lowest BCUT2D eigenvalue weighted by Gasteiger charge is -2.05. The Bertz CT molecular complexity index is 786. The zero-order valence-electron chi connectivity index (χ0n) is 10.5. The molecule has 0 spiro atoms. The van der Waals surface area contributed by atoms with E-state index < -0.39 is 37.9 Å². The van der Waals surface area contributed by atoms with Crippen molar-refractivity contribution in [3.63, 3.8) is 0 Å². The highest BCUT2D eigenvalue weighted by Crippen LogP contribution is 2.19. The molecule has 0 aliphatic heterocycles. The molecule has 0 bridgehead atoms. The van der Waals surface area contributed by atoms with Crippen LogP contribution in [0.4, 0.5) is 8.78 Å². The van der Waals surface area contributed by atoms with Gasteiger partial charge in [0.1, 0.15) is 22.3 Å². The van der Waals surface area contributed by atoms with Crippen LogP contribution in [-0.2, 0) is 9.84 Å². The van der Waals surface area contributed by atoms with Crippen molar-refractivity contribution < 1.29 is 22.0 Å². The smallest absolute Gasteiger partial charge is 0.188 e. The predicted molar refractivity (Wildman–Crippen MR) is 76.9 cm³/mol. The maximum Gasteiger partial charge on any atom is 0.188 e. The van der Waals surface area contributed by atoms with Crippen molar-refractivity contribution in [2.45, 2.75) is 4.90 Å². The van der Waals surface area contributed by atoms with Crippen molar-refractivity contribution in [3.8, 4) is 0 Å². The van der Waals surface area contributed by atoms with Gasteiger partial charge in [0.05, 0.1) is 0 Å². The molecule has 2 rings (SSSR count). The maximum atomic E-state index is 13.5. The molecule has 0 unspecified atom stereocenters. The summed E-state index contributed by atoms with van der Waals surface area (Å²) in [6.07, 6.45) is 0. The summed E-state index contributed by atoms with van der Waals surface area (Å²) in [5.74, 6) is -3.63. The Hall–Kier alpha value is -1.60. The molecule has 3 nitrogen and oxygen atoms in total. The number of ketones is 1. The Morgan fingerprint density at radius 3 is 2.24 bits per heavy atom. The van der Waals surface area contributed by atoms with E-state index >= 15 is 0 Å². The third-order valence-electron chi connectivity index (χ3n) is 2.72. The Balaban J connectivity index is 2.29. The number of carbonyl (C=O) groups is 1. The number of halogens is 3. The van der Waals surface area contributed by atoms with Crippen LogP contribution < -0.4 is 0 Å². The molecular weight excluding hydrogens is 366 g/mol. The average molecular weight is 375 g/mol. The van der Waals surface area contributed by atoms with Gasteiger partial charge in [-0.3, -0.25) is 4.79 Å². The number of sulfone groups is 1. The quantitative estimate of drug-likeness (QED) is 0.608. The summed E-state index contributed by atoms with van der Waals surface area (Å²) in [7, 11) is -4.17. The molecule has 7 heteroatoms. The van der Waals surface area contributed by atoms with Crippen LogP contribution in [0, 0.1) is 11.6 Å². The third kappa shape index (κ3) is 3.74. The molecular formula is C14H9BrF2O3S. The number of Topliss-reactive ketones (excluding diaryl/α,β-unsaturated/α-hetero) is 1. The molecule has 0 atom stereocenters. The lowest BCUT2D eigenvalue weighted by Crippen LogP contribution is -2.17. The van der Waals surface area contributed by atoms with E-state index in [9.17, 15) is 22.0 Å². The molecule has 0 saturated heterocycles. The maximum absolute atomic E-state index is 13.5. The number of hydrogen-bond acceptors (Lipinski definition) is 3. The van der Waals surface area contributed by atoms with Gasteiger partial charge >= 0.3 is 0 Å². The van der Waals surface area contributed by atoms with Gasteiger partial charge in [-0.1, -0.05) is 28.1 Å². The number of carbonyl (C=O) groups excluding carboxylic acids is 1. The van der Waals surface area contributed by atoms with Crippen LogP contribution in [0.3, 0.4) is 0 Å². The second-order valence-electron chi connectivity index (χ2n) is 4.26. The van der Waals surface area contributed by atoms with Crippen molar-refractivity contribution in [3.05, 3.63) is 64.1 Å². The molecule has 0 saturated carbocycles. The summed E-state index contributed by atoms with van der Waals surface area (Å²) in [5, 5.41) is 0. The van der Waals surface area contributed by atoms with Crippen molar-refractivity contribution in [1.29, 1.82) is 0 Å². The van der Waals surface area contributed by atoms with E-state index in [4.69, 9.17) is 0 Å². The largest absolute Gasteiger partial charge is 0.293 e. The van der Waals surface area contributed by atoms with E-state index in [0.29, 0.717) is 6.07 Å². The van der Waals surface area contributed by atoms with Gasteiger partial charge in [-0.15, -0.1) is 0 Å². The second-order valence-corrected chi connectivity index (χ2v) is 7.14. The first-order chi connectivity index (χ1) is 9.79. The van der Waals surface area contributed by atoms with Gasteiger partial charge in [-0.05, 0) is 24.3 Å². The Kier molecular flexibility index (Phi) is 4.53. The number of benzene rings is 2. The Morgan fingerprint density at radius 1 is 1.05 bits per heavy atom. The highest BCUT2D eigenvalue weighted by atomic mass is 79.9. The first-order valence-corrected chi connectivity index (χ1v) is 8.21. The van der Waals surface area contributed by atoms with Gasteiger partial charge in [0.25, 0.3) is 0 Å². The highest BCUT2D eigenvalue weighted by Gasteiger charge is 2.24. The lowest BCUT2D eigenvalue weighted by atomic mass is 10.2. The summed E-state index contributed by atoms with van der Waals surface area (Å²) in [6, 6.07) is 8.23. The van der Waals surface area contributed by atoms with E-state index in [1.165, 1.54) is 12.1 Å². The molecule has 2 aromatic rings. The normalized spacial score (nSPS) is 11.4. The van der Waals surface area contributed by atoms with Crippen molar-refractivity contribution in [2.75, 3.05) is 5.75 Å². The average Bonchev–Trinajstić information content (AvgIpc) is 2.38. The van der Waals surface area contributed by atoms with E-state index in [1.54, 1.807) is 12.1 Å². The van der Waals surface area contributed by atoms with Crippen LogP contribution in [-0.4, -0.2) is 20.0 Å². The van der Waals surface area contributed by atoms with Crippen molar-refractivity contribution in [2.24, 2.45) is 0 Å². The van der Waals surface area contributed by atoms with E-state index in [1.807, 2.05) is 0 Å². The zero-order valence-corrected chi connectivity index (χ0v) is 12.9. The van der Waals surface area contributed by atoms with Gasteiger partial charge in [0, 0.05) is 16.1 Å². The standard InChI is InChI=1S/C14H9BrF2O3S/c15-10-3-1-9(2-4-10)13(18)8-21(19,20)14-6-5-11(16)7-12(14)17/h1-7H,8H2. The van der Waals surface area contributed by atoms with Crippen LogP contribution in [0.15, 0.2) is 51.8 Å². The minimum Gasteiger partial charge on any atom is -0.293 e. The van der Waals surface area contributed by atoms with Crippen LogP contribution >= 0.6 is 15.9 Å². The molecule has 0 amide bonds. The summed E-state index contributed by atoms with van der Waals surface area (Å²) >= 11 is 3.19. The summed E-state index contributed by atoms with van der Waals surface area (Å²) in [6.45, 7) is 0. The van der Waals surface area contributed by atoms with Gasteiger partial charge in [-0.25, -0.2) is 17.2 Å². The molecule has 0 N–H and O–H groups in total. The topological polar surface area (TPSA) is 51.2 Å². The van der Waals surface area contributed by atoms with Crippen molar-refractivity contribution in [1.82, 2.24) is 0 Å². The first-order valence-electron chi connectivity index (χ1n) is 5.76. The molecule has 0 fully saturated rings. The molecule has 0 aromatic heterocycles. The third-order valence-corrected chi connectivity index (χ3v) is 4.89. The Labute approximate surface area is 128 Å². The fraction of sp³-hybridized carbons (Fsp3) is 0.0714. The zero-order chi connectivity index (χ0) is 15.6. The molecule has 2 aromatic carbocycles. The SMILES string of the molecule is O=C(CS(=O)(=O)c1ccc(F)cc1F)c1ccc(Br)cc1. The van der Waals surface area contributed by atoms with Gasteiger partial charge in [0.15, 0.2) is 15.6 Å². The predicted octanol–water partition coefficient (Wildman–Crippen LogP) is 3.38. The fourth-order valence-electron chi connectivity index (χ4n) is 1.70. The molecule has 21 heavy (non-hydrogen) atoms. The molecule has 110 valence electrons.